The van der Waals surface area contributed by atoms with Crippen LogP contribution in [0.2, 0.25) is 0 Å². The summed E-state index contributed by atoms with van der Waals surface area (Å²) in [4.78, 5) is 27.2. The van der Waals surface area contributed by atoms with E-state index in [0.29, 0.717) is 12.2 Å². The Morgan fingerprint density at radius 1 is 1.06 bits per heavy atom. The molecule has 0 N–H and O–H groups in total. The van der Waals surface area contributed by atoms with Crippen LogP contribution in [-0.4, -0.2) is 45.4 Å². The van der Waals surface area contributed by atoms with Crippen LogP contribution in [-0.2, 0) is 26.1 Å². The molecule has 1 aromatic heterocycles. The molecule has 9 heteroatoms. The summed E-state index contributed by atoms with van der Waals surface area (Å²) in [6.45, 7) is 3.68. The summed E-state index contributed by atoms with van der Waals surface area (Å²) in [6.07, 6.45) is 1.49. The molecule has 0 bridgehead atoms. The topological polar surface area (TPSA) is 84.0 Å². The van der Waals surface area contributed by atoms with Crippen LogP contribution in [0, 0.1) is 0 Å². The fourth-order valence-corrected chi connectivity index (χ4v) is 5.25. The first-order valence-corrected chi connectivity index (χ1v) is 12.4. The lowest BCUT2D eigenvalue weighted by Gasteiger charge is -2.23. The average Bonchev–Trinajstić information content (AvgIpc) is 3.34. The van der Waals surface area contributed by atoms with Crippen LogP contribution < -0.4 is 4.31 Å². The minimum Gasteiger partial charge on any atom is -0.452 e. The number of rotatable bonds is 10. The third kappa shape index (κ3) is 6.09. The van der Waals surface area contributed by atoms with E-state index in [9.17, 15) is 18.0 Å². The molecule has 1 amide bonds. The number of hydrogen-bond donors (Lipinski definition) is 0. The van der Waals surface area contributed by atoms with Crippen molar-refractivity contribution in [3.8, 4) is 0 Å². The van der Waals surface area contributed by atoms with Gasteiger partial charge in [-0.1, -0.05) is 36.4 Å². The smallest absolute Gasteiger partial charge is 0.338 e. The van der Waals surface area contributed by atoms with E-state index in [-0.39, 0.29) is 22.9 Å². The summed E-state index contributed by atoms with van der Waals surface area (Å²) < 4.78 is 32.9. The Labute approximate surface area is 197 Å². The molecule has 7 nitrogen and oxygen atoms in total. The molecule has 0 aliphatic rings. The molecule has 0 saturated carbocycles. The van der Waals surface area contributed by atoms with Gasteiger partial charge in [0.1, 0.15) is 0 Å². The van der Waals surface area contributed by atoms with Gasteiger partial charge in [-0.25, -0.2) is 13.2 Å². The Balaban J connectivity index is 1.72. The summed E-state index contributed by atoms with van der Waals surface area (Å²) in [6, 6.07) is 18.0. The van der Waals surface area contributed by atoms with Crippen LogP contribution in [0.25, 0.3) is 0 Å². The molecule has 0 unspecified atom stereocenters. The summed E-state index contributed by atoms with van der Waals surface area (Å²) in [5.41, 5.74) is 0.515. The molecule has 2 aromatic carbocycles. The molecular formula is C24H24N2O5S2. The van der Waals surface area contributed by atoms with Crippen molar-refractivity contribution < 1.29 is 22.7 Å². The number of nitrogens with zero attached hydrogens (tertiary/aromatic N) is 2. The van der Waals surface area contributed by atoms with Crippen LogP contribution >= 0.6 is 11.3 Å². The summed E-state index contributed by atoms with van der Waals surface area (Å²) in [5, 5.41) is 1.92. The molecule has 0 aliphatic heterocycles. The lowest BCUT2D eigenvalue weighted by molar-refractivity contribution is -0.133. The Morgan fingerprint density at radius 3 is 2.48 bits per heavy atom. The predicted molar refractivity (Wildman–Crippen MR) is 129 cm³/mol. The van der Waals surface area contributed by atoms with E-state index in [1.54, 1.807) is 37.4 Å². The van der Waals surface area contributed by atoms with Gasteiger partial charge in [0.2, 0.25) is 0 Å². The van der Waals surface area contributed by atoms with Gasteiger partial charge in [0, 0.05) is 11.9 Å². The Morgan fingerprint density at radius 2 is 1.82 bits per heavy atom. The second kappa shape index (κ2) is 10.9. The lowest BCUT2D eigenvalue weighted by atomic mass is 10.2. The largest absolute Gasteiger partial charge is 0.452 e. The van der Waals surface area contributed by atoms with E-state index >= 15 is 0 Å². The van der Waals surface area contributed by atoms with Crippen molar-refractivity contribution in [2.24, 2.45) is 0 Å². The van der Waals surface area contributed by atoms with Gasteiger partial charge in [0.15, 0.2) is 6.61 Å². The van der Waals surface area contributed by atoms with Crippen molar-refractivity contribution in [1.29, 1.82) is 0 Å². The lowest BCUT2D eigenvalue weighted by Crippen LogP contribution is -2.31. The summed E-state index contributed by atoms with van der Waals surface area (Å²) in [7, 11) is -2.34. The number of para-hydroxylation sites is 1. The normalized spacial score (nSPS) is 10.9. The number of sulfonamides is 1. The van der Waals surface area contributed by atoms with Gasteiger partial charge in [-0.15, -0.1) is 17.9 Å². The quantitative estimate of drug-likeness (QED) is 0.321. The van der Waals surface area contributed by atoms with E-state index < -0.39 is 22.6 Å². The monoisotopic (exact) mass is 484 g/mol. The number of hydrogen-bond acceptors (Lipinski definition) is 6. The van der Waals surface area contributed by atoms with Gasteiger partial charge in [0.25, 0.3) is 15.9 Å². The zero-order chi connectivity index (χ0) is 23.8. The van der Waals surface area contributed by atoms with Gasteiger partial charge in [0.05, 0.1) is 29.2 Å². The second-order valence-corrected chi connectivity index (χ2v) is 9.99. The van der Waals surface area contributed by atoms with E-state index in [4.69, 9.17) is 4.74 Å². The molecule has 33 heavy (non-hydrogen) atoms. The summed E-state index contributed by atoms with van der Waals surface area (Å²) >= 11 is 1.53. The number of thiophene rings is 1. The number of carbonyl (C=O) groups excluding carboxylic acids is 2. The second-order valence-electron chi connectivity index (χ2n) is 7.09. The maximum atomic E-state index is 13.3. The van der Waals surface area contributed by atoms with Gasteiger partial charge in [-0.2, -0.15) is 0 Å². The third-order valence-corrected chi connectivity index (χ3v) is 7.37. The highest BCUT2D eigenvalue weighted by atomic mass is 32.2. The molecule has 0 radical (unpaired) electrons. The zero-order valence-corrected chi connectivity index (χ0v) is 19.7. The standard InChI is InChI=1S/C24H24N2O5S2/c1-3-14-26(20-10-5-4-6-11-20)33(29,30)22-13-7-9-19(16-22)24(28)31-18-23(27)25(2)17-21-12-8-15-32-21/h3-13,15-16H,1,14,17-18H2,2H3. The third-order valence-electron chi connectivity index (χ3n) is 4.72. The minimum absolute atomic E-state index is 0.0383. The Hall–Kier alpha value is -3.43. The van der Waals surface area contributed by atoms with Crippen molar-refractivity contribution in [1.82, 2.24) is 4.90 Å². The minimum atomic E-state index is -3.97. The van der Waals surface area contributed by atoms with Crippen molar-refractivity contribution in [3.05, 3.63) is 95.2 Å². The molecule has 172 valence electrons. The Bertz CT molecular complexity index is 1210. The number of anilines is 1. The number of amides is 1. The van der Waals surface area contributed by atoms with Crippen LogP contribution in [0.3, 0.4) is 0 Å². The highest BCUT2D eigenvalue weighted by molar-refractivity contribution is 7.92. The van der Waals surface area contributed by atoms with Crippen molar-refractivity contribution in [3.63, 3.8) is 0 Å². The molecule has 0 fully saturated rings. The highest BCUT2D eigenvalue weighted by Crippen LogP contribution is 2.24. The summed E-state index contributed by atoms with van der Waals surface area (Å²) in [5.74, 6) is -1.14. The SMILES string of the molecule is C=CCN(c1ccccc1)S(=O)(=O)c1cccc(C(=O)OCC(=O)N(C)Cc2cccs2)c1. The predicted octanol–water partition coefficient (Wildman–Crippen LogP) is 3.94. The molecule has 3 aromatic rings. The molecule has 0 saturated heterocycles. The van der Waals surface area contributed by atoms with Gasteiger partial charge < -0.3 is 9.64 Å². The average molecular weight is 485 g/mol. The Kier molecular flexibility index (Phi) is 8.02. The first kappa shape index (κ1) is 24.2. The molecule has 3 rings (SSSR count). The van der Waals surface area contributed by atoms with Gasteiger partial charge in [-0.3, -0.25) is 9.10 Å². The van der Waals surface area contributed by atoms with Crippen molar-refractivity contribution in [2.45, 2.75) is 11.4 Å². The molecular weight excluding hydrogens is 460 g/mol. The molecule has 0 aliphatic carbocycles. The highest BCUT2D eigenvalue weighted by Gasteiger charge is 2.25. The maximum absolute atomic E-state index is 13.3. The number of ether oxygens (including phenoxy) is 1. The van der Waals surface area contributed by atoms with Gasteiger partial charge in [-0.05, 0) is 41.8 Å². The van der Waals surface area contributed by atoms with Crippen LogP contribution in [0.1, 0.15) is 15.2 Å². The first-order valence-electron chi connectivity index (χ1n) is 10.0. The van der Waals surface area contributed by atoms with Crippen LogP contribution in [0.15, 0.2) is 89.7 Å². The fraction of sp³-hybridized carbons (Fsp3) is 0.167. The van der Waals surface area contributed by atoms with E-state index in [0.717, 1.165) is 4.88 Å². The van der Waals surface area contributed by atoms with E-state index in [1.807, 2.05) is 17.5 Å². The van der Waals surface area contributed by atoms with Crippen LogP contribution in [0.5, 0.6) is 0 Å². The number of esters is 1. The number of carbonyl (C=O) groups is 2. The fourth-order valence-electron chi connectivity index (χ4n) is 3.01. The number of benzene rings is 2. The van der Waals surface area contributed by atoms with E-state index in [2.05, 4.69) is 6.58 Å². The molecule has 0 atom stereocenters. The zero-order valence-electron chi connectivity index (χ0n) is 18.1. The maximum Gasteiger partial charge on any atom is 0.338 e. The first-order chi connectivity index (χ1) is 15.8. The van der Waals surface area contributed by atoms with Crippen molar-refractivity contribution in [2.75, 3.05) is 24.5 Å². The van der Waals surface area contributed by atoms with Crippen molar-refractivity contribution >= 4 is 38.9 Å². The van der Waals surface area contributed by atoms with Gasteiger partial charge >= 0.3 is 5.97 Å². The van der Waals surface area contributed by atoms with Crippen LogP contribution in [0.4, 0.5) is 5.69 Å². The van der Waals surface area contributed by atoms with E-state index in [1.165, 1.54) is 50.9 Å². The molecule has 1 heterocycles. The number of likely N-dealkylation sites (N-methyl/N-ethyl adjacent to an activating group) is 1. The molecule has 0 spiro atoms.